The molecule has 0 atom stereocenters. The molecule has 17 heavy (non-hydrogen) atoms. The SMILES string of the molecule is N#Cc1ccc(-c2cccc(I)c2)cc1C#N. The van der Waals surface area contributed by atoms with Gasteiger partial charge in [-0.3, -0.25) is 0 Å². The second-order valence-corrected chi connectivity index (χ2v) is 4.74. The van der Waals surface area contributed by atoms with Crippen molar-refractivity contribution in [2.75, 3.05) is 0 Å². The average Bonchev–Trinajstić information content (AvgIpc) is 2.38. The van der Waals surface area contributed by atoms with Crippen molar-refractivity contribution in [1.29, 1.82) is 10.5 Å². The van der Waals surface area contributed by atoms with E-state index in [1.54, 1.807) is 12.1 Å². The van der Waals surface area contributed by atoms with Crippen LogP contribution in [0.2, 0.25) is 0 Å². The summed E-state index contributed by atoms with van der Waals surface area (Å²) >= 11 is 2.25. The Labute approximate surface area is 113 Å². The molecular weight excluding hydrogens is 323 g/mol. The standard InChI is InChI=1S/C14H7IN2/c15-14-3-1-2-10(7-14)11-4-5-12(8-16)13(6-11)9-17/h1-7H. The van der Waals surface area contributed by atoms with Crippen LogP contribution in [0.15, 0.2) is 42.5 Å². The molecule has 0 bridgehead atoms. The Bertz CT molecular complexity index is 648. The summed E-state index contributed by atoms with van der Waals surface area (Å²) in [6.45, 7) is 0. The van der Waals surface area contributed by atoms with Gasteiger partial charge in [-0.05, 0) is 58.0 Å². The summed E-state index contributed by atoms with van der Waals surface area (Å²) in [5.74, 6) is 0. The molecule has 0 saturated carbocycles. The van der Waals surface area contributed by atoms with E-state index in [-0.39, 0.29) is 0 Å². The van der Waals surface area contributed by atoms with Gasteiger partial charge in [-0.15, -0.1) is 0 Å². The fourth-order valence-electron chi connectivity index (χ4n) is 1.58. The molecule has 0 saturated heterocycles. The topological polar surface area (TPSA) is 47.6 Å². The van der Waals surface area contributed by atoms with Gasteiger partial charge < -0.3 is 0 Å². The first-order chi connectivity index (χ1) is 8.24. The summed E-state index contributed by atoms with van der Waals surface area (Å²) in [6.07, 6.45) is 0. The highest BCUT2D eigenvalue weighted by molar-refractivity contribution is 14.1. The quantitative estimate of drug-likeness (QED) is 0.749. The van der Waals surface area contributed by atoms with Crippen LogP contribution in [0.1, 0.15) is 11.1 Å². The maximum Gasteiger partial charge on any atom is 0.101 e. The third kappa shape index (κ3) is 2.46. The molecule has 0 aliphatic rings. The fourth-order valence-corrected chi connectivity index (χ4v) is 2.12. The van der Waals surface area contributed by atoms with Crippen molar-refractivity contribution in [2.45, 2.75) is 0 Å². The second-order valence-electron chi connectivity index (χ2n) is 3.49. The third-order valence-corrected chi connectivity index (χ3v) is 3.09. The molecule has 0 amide bonds. The van der Waals surface area contributed by atoms with E-state index in [2.05, 4.69) is 22.6 Å². The van der Waals surface area contributed by atoms with Gasteiger partial charge in [0.05, 0.1) is 11.1 Å². The van der Waals surface area contributed by atoms with Crippen molar-refractivity contribution in [3.63, 3.8) is 0 Å². The summed E-state index contributed by atoms with van der Waals surface area (Å²) in [5, 5.41) is 17.8. The van der Waals surface area contributed by atoms with Gasteiger partial charge in [0.1, 0.15) is 12.1 Å². The molecule has 0 aliphatic heterocycles. The van der Waals surface area contributed by atoms with E-state index in [4.69, 9.17) is 10.5 Å². The van der Waals surface area contributed by atoms with E-state index in [1.165, 1.54) is 0 Å². The Morgan fingerprint density at radius 1 is 0.824 bits per heavy atom. The summed E-state index contributed by atoms with van der Waals surface area (Å²) < 4.78 is 1.14. The molecule has 2 rings (SSSR count). The first kappa shape index (κ1) is 11.6. The minimum atomic E-state index is 0.418. The van der Waals surface area contributed by atoms with Crippen molar-refractivity contribution in [3.05, 3.63) is 57.2 Å². The molecule has 0 unspecified atom stereocenters. The van der Waals surface area contributed by atoms with Gasteiger partial charge in [-0.25, -0.2) is 0 Å². The van der Waals surface area contributed by atoms with E-state index in [9.17, 15) is 0 Å². The highest BCUT2D eigenvalue weighted by Crippen LogP contribution is 2.23. The number of hydrogen-bond acceptors (Lipinski definition) is 2. The molecule has 80 valence electrons. The van der Waals surface area contributed by atoms with E-state index in [0.717, 1.165) is 14.7 Å². The highest BCUT2D eigenvalue weighted by Gasteiger charge is 2.04. The molecule has 0 N–H and O–H groups in total. The van der Waals surface area contributed by atoms with Crippen LogP contribution in [0.25, 0.3) is 11.1 Å². The van der Waals surface area contributed by atoms with Crippen LogP contribution in [-0.4, -0.2) is 0 Å². The molecule has 3 heteroatoms. The maximum absolute atomic E-state index is 8.97. The summed E-state index contributed by atoms with van der Waals surface area (Å²) in [6, 6.07) is 17.4. The molecule has 2 aromatic carbocycles. The van der Waals surface area contributed by atoms with Gasteiger partial charge >= 0.3 is 0 Å². The summed E-state index contributed by atoms with van der Waals surface area (Å²) in [7, 11) is 0. The third-order valence-electron chi connectivity index (χ3n) is 2.42. The van der Waals surface area contributed by atoms with Gasteiger partial charge in [0, 0.05) is 3.57 Å². The molecular formula is C14H7IN2. The van der Waals surface area contributed by atoms with E-state index in [0.29, 0.717) is 11.1 Å². The number of hydrogen-bond donors (Lipinski definition) is 0. The number of nitriles is 2. The minimum Gasteiger partial charge on any atom is -0.192 e. The van der Waals surface area contributed by atoms with Crippen molar-refractivity contribution in [1.82, 2.24) is 0 Å². The Hall–Kier alpha value is -1.85. The van der Waals surface area contributed by atoms with E-state index < -0.39 is 0 Å². The Balaban J connectivity index is 2.56. The smallest absolute Gasteiger partial charge is 0.101 e. The average molecular weight is 330 g/mol. The molecule has 0 aliphatic carbocycles. The van der Waals surface area contributed by atoms with E-state index in [1.807, 2.05) is 42.5 Å². The molecule has 0 heterocycles. The lowest BCUT2D eigenvalue weighted by Gasteiger charge is -2.03. The van der Waals surface area contributed by atoms with Crippen molar-refractivity contribution < 1.29 is 0 Å². The maximum atomic E-state index is 8.97. The first-order valence-corrected chi connectivity index (χ1v) is 6.02. The lowest BCUT2D eigenvalue weighted by molar-refractivity contribution is 1.43. The molecule has 2 nitrogen and oxygen atoms in total. The Kier molecular flexibility index (Phi) is 3.41. The van der Waals surface area contributed by atoms with Crippen molar-refractivity contribution >= 4 is 22.6 Å². The molecule has 0 aromatic heterocycles. The lowest BCUT2D eigenvalue weighted by atomic mass is 10.0. The van der Waals surface area contributed by atoms with Crippen LogP contribution >= 0.6 is 22.6 Å². The van der Waals surface area contributed by atoms with Gasteiger partial charge in [0.25, 0.3) is 0 Å². The minimum absolute atomic E-state index is 0.418. The zero-order valence-corrected chi connectivity index (χ0v) is 11.0. The summed E-state index contributed by atoms with van der Waals surface area (Å²) in [5.41, 5.74) is 2.85. The van der Waals surface area contributed by atoms with Gasteiger partial charge in [-0.2, -0.15) is 10.5 Å². The van der Waals surface area contributed by atoms with Crippen LogP contribution in [0.5, 0.6) is 0 Å². The van der Waals surface area contributed by atoms with Gasteiger partial charge in [0.2, 0.25) is 0 Å². The van der Waals surface area contributed by atoms with Crippen LogP contribution in [0, 0.1) is 26.2 Å². The normalized spacial score (nSPS) is 9.35. The largest absolute Gasteiger partial charge is 0.192 e. The molecule has 0 fully saturated rings. The number of rotatable bonds is 1. The fraction of sp³-hybridized carbons (Fsp3) is 0. The monoisotopic (exact) mass is 330 g/mol. The zero-order valence-electron chi connectivity index (χ0n) is 8.81. The van der Waals surface area contributed by atoms with Crippen molar-refractivity contribution in [3.8, 4) is 23.3 Å². The van der Waals surface area contributed by atoms with Crippen LogP contribution < -0.4 is 0 Å². The highest BCUT2D eigenvalue weighted by atomic mass is 127. The summed E-state index contributed by atoms with van der Waals surface area (Å²) in [4.78, 5) is 0. The predicted molar refractivity (Wildman–Crippen MR) is 74.0 cm³/mol. The van der Waals surface area contributed by atoms with Crippen LogP contribution in [0.3, 0.4) is 0 Å². The Morgan fingerprint density at radius 3 is 2.18 bits per heavy atom. The van der Waals surface area contributed by atoms with E-state index >= 15 is 0 Å². The van der Waals surface area contributed by atoms with Gasteiger partial charge in [-0.1, -0.05) is 18.2 Å². The molecule has 0 spiro atoms. The Morgan fingerprint density at radius 2 is 1.53 bits per heavy atom. The first-order valence-electron chi connectivity index (χ1n) is 4.95. The second kappa shape index (κ2) is 4.99. The lowest BCUT2D eigenvalue weighted by Crippen LogP contribution is -1.86. The molecule has 2 aromatic rings. The number of nitrogens with zero attached hydrogens (tertiary/aromatic N) is 2. The van der Waals surface area contributed by atoms with Gasteiger partial charge in [0.15, 0.2) is 0 Å². The van der Waals surface area contributed by atoms with Crippen molar-refractivity contribution in [2.24, 2.45) is 0 Å². The van der Waals surface area contributed by atoms with Crippen LogP contribution in [-0.2, 0) is 0 Å². The number of benzene rings is 2. The number of halogens is 1. The molecule has 0 radical (unpaired) electrons. The predicted octanol–water partition coefficient (Wildman–Crippen LogP) is 3.70. The van der Waals surface area contributed by atoms with Crippen LogP contribution in [0.4, 0.5) is 0 Å². The zero-order chi connectivity index (χ0) is 12.3.